The number of aromatic nitrogens is 4. The fourth-order valence-corrected chi connectivity index (χ4v) is 1.74. The molecule has 0 aliphatic heterocycles. The average molecular weight is 241 g/mol. The van der Waals surface area contributed by atoms with Crippen LogP contribution in [0.2, 0.25) is 0 Å². The Bertz CT molecular complexity index is 679. The van der Waals surface area contributed by atoms with E-state index in [0.29, 0.717) is 17.4 Å². The number of anilines is 2. The Morgan fingerprint density at radius 1 is 1.17 bits per heavy atom. The summed E-state index contributed by atoms with van der Waals surface area (Å²) in [6.07, 6.45) is 1.58. The van der Waals surface area contributed by atoms with E-state index < -0.39 is 0 Å². The smallest absolute Gasteiger partial charge is 0.196 e. The number of aromatic amines is 1. The first-order valence-corrected chi connectivity index (χ1v) is 5.44. The minimum absolute atomic E-state index is 0.539. The maximum atomic E-state index is 5.20. The number of H-pyrrole nitrogens is 1. The standard InChI is InChI=1S/C12H11N5O/c1-18-10-6-7-13-16-12(10)14-11-8-4-2-3-5-9(8)15-17-11/h2-7H,1H3,(H2,14,15,16,17). The second-order valence-electron chi connectivity index (χ2n) is 3.69. The molecule has 1 aromatic carbocycles. The van der Waals surface area contributed by atoms with Gasteiger partial charge in [-0.2, -0.15) is 10.2 Å². The normalized spacial score (nSPS) is 10.5. The number of rotatable bonds is 3. The third-order valence-corrected chi connectivity index (χ3v) is 2.61. The van der Waals surface area contributed by atoms with Crippen molar-refractivity contribution in [1.29, 1.82) is 0 Å². The van der Waals surface area contributed by atoms with E-state index in [1.807, 2.05) is 24.3 Å². The fraction of sp³-hybridized carbons (Fsp3) is 0.0833. The van der Waals surface area contributed by atoms with Crippen LogP contribution in [0.3, 0.4) is 0 Å². The average Bonchev–Trinajstić information content (AvgIpc) is 2.83. The van der Waals surface area contributed by atoms with Crippen molar-refractivity contribution in [1.82, 2.24) is 20.4 Å². The van der Waals surface area contributed by atoms with Crippen LogP contribution < -0.4 is 10.1 Å². The van der Waals surface area contributed by atoms with Gasteiger partial charge in [0.05, 0.1) is 18.8 Å². The van der Waals surface area contributed by atoms with Gasteiger partial charge in [0.15, 0.2) is 17.4 Å². The molecule has 90 valence electrons. The number of benzene rings is 1. The van der Waals surface area contributed by atoms with Crippen LogP contribution in [-0.4, -0.2) is 27.5 Å². The van der Waals surface area contributed by atoms with Gasteiger partial charge in [-0.1, -0.05) is 12.1 Å². The number of nitrogens with one attached hydrogen (secondary N) is 2. The van der Waals surface area contributed by atoms with E-state index in [4.69, 9.17) is 4.74 Å². The van der Waals surface area contributed by atoms with Crippen LogP contribution in [0, 0.1) is 0 Å². The van der Waals surface area contributed by atoms with Crippen molar-refractivity contribution in [3.05, 3.63) is 36.5 Å². The molecular weight excluding hydrogens is 230 g/mol. The Hall–Kier alpha value is -2.63. The molecule has 0 saturated carbocycles. The molecule has 0 radical (unpaired) electrons. The number of para-hydroxylation sites is 1. The first-order valence-electron chi connectivity index (χ1n) is 5.44. The highest BCUT2D eigenvalue weighted by atomic mass is 16.5. The number of hydrogen-bond donors (Lipinski definition) is 2. The summed E-state index contributed by atoms with van der Waals surface area (Å²) >= 11 is 0. The van der Waals surface area contributed by atoms with E-state index in [0.717, 1.165) is 10.9 Å². The zero-order valence-electron chi connectivity index (χ0n) is 9.71. The molecule has 0 spiro atoms. The number of methoxy groups -OCH3 is 1. The summed E-state index contributed by atoms with van der Waals surface area (Å²) < 4.78 is 5.20. The minimum Gasteiger partial charge on any atom is -0.493 e. The molecule has 0 amide bonds. The highest BCUT2D eigenvalue weighted by Gasteiger charge is 2.09. The summed E-state index contributed by atoms with van der Waals surface area (Å²) in [7, 11) is 1.59. The van der Waals surface area contributed by atoms with Crippen LogP contribution in [0.4, 0.5) is 11.6 Å². The monoisotopic (exact) mass is 241 g/mol. The molecule has 2 aromatic heterocycles. The van der Waals surface area contributed by atoms with Gasteiger partial charge in [0, 0.05) is 11.5 Å². The molecule has 0 unspecified atom stereocenters. The largest absolute Gasteiger partial charge is 0.493 e. The third kappa shape index (κ3) is 1.73. The first kappa shape index (κ1) is 10.5. The van der Waals surface area contributed by atoms with Gasteiger partial charge in [-0.25, -0.2) is 0 Å². The Morgan fingerprint density at radius 2 is 2.06 bits per heavy atom. The van der Waals surface area contributed by atoms with Crippen molar-refractivity contribution in [3.63, 3.8) is 0 Å². The summed E-state index contributed by atoms with van der Waals surface area (Å²) in [5, 5.41) is 19.1. The Balaban J connectivity index is 2.01. The molecule has 6 nitrogen and oxygen atoms in total. The second kappa shape index (κ2) is 4.33. The number of ether oxygens (including phenoxy) is 1. The van der Waals surface area contributed by atoms with Crippen LogP contribution in [0.25, 0.3) is 10.9 Å². The molecule has 2 N–H and O–H groups in total. The van der Waals surface area contributed by atoms with E-state index in [1.54, 1.807) is 19.4 Å². The lowest BCUT2D eigenvalue weighted by molar-refractivity contribution is 0.414. The van der Waals surface area contributed by atoms with Crippen LogP contribution in [-0.2, 0) is 0 Å². The maximum Gasteiger partial charge on any atom is 0.196 e. The van der Waals surface area contributed by atoms with Gasteiger partial charge in [-0.15, -0.1) is 5.10 Å². The molecule has 18 heavy (non-hydrogen) atoms. The van der Waals surface area contributed by atoms with Gasteiger partial charge in [0.1, 0.15) is 0 Å². The van der Waals surface area contributed by atoms with Gasteiger partial charge in [0.2, 0.25) is 0 Å². The summed E-state index contributed by atoms with van der Waals surface area (Å²) in [6, 6.07) is 9.58. The van der Waals surface area contributed by atoms with Crippen molar-refractivity contribution in [2.45, 2.75) is 0 Å². The molecule has 0 aliphatic rings. The topological polar surface area (TPSA) is 75.7 Å². The number of nitrogens with zero attached hydrogens (tertiary/aromatic N) is 3. The SMILES string of the molecule is COc1ccnnc1Nc1n[nH]c2ccccc12. The maximum absolute atomic E-state index is 5.20. The van der Waals surface area contributed by atoms with Crippen molar-refractivity contribution < 1.29 is 4.74 Å². The summed E-state index contributed by atoms with van der Waals surface area (Å²) in [4.78, 5) is 0. The van der Waals surface area contributed by atoms with E-state index in [2.05, 4.69) is 25.7 Å². The van der Waals surface area contributed by atoms with Crippen LogP contribution >= 0.6 is 0 Å². The quantitative estimate of drug-likeness (QED) is 0.734. The second-order valence-corrected chi connectivity index (χ2v) is 3.69. The van der Waals surface area contributed by atoms with E-state index in [9.17, 15) is 0 Å². The Kier molecular flexibility index (Phi) is 2.53. The zero-order valence-corrected chi connectivity index (χ0v) is 9.71. The lowest BCUT2D eigenvalue weighted by Gasteiger charge is -2.06. The van der Waals surface area contributed by atoms with Crippen molar-refractivity contribution in [2.75, 3.05) is 12.4 Å². The zero-order chi connectivity index (χ0) is 12.4. The molecule has 2 heterocycles. The van der Waals surface area contributed by atoms with Crippen molar-refractivity contribution in [3.8, 4) is 5.75 Å². The highest BCUT2D eigenvalue weighted by molar-refractivity contribution is 5.91. The van der Waals surface area contributed by atoms with Gasteiger partial charge in [-0.05, 0) is 12.1 Å². The summed E-state index contributed by atoms with van der Waals surface area (Å²) in [5.74, 6) is 1.86. The molecule has 0 fully saturated rings. The van der Waals surface area contributed by atoms with Crippen molar-refractivity contribution >= 4 is 22.5 Å². The molecular formula is C12H11N5O. The van der Waals surface area contributed by atoms with Gasteiger partial charge in [-0.3, -0.25) is 5.10 Å². The van der Waals surface area contributed by atoms with Crippen LogP contribution in [0.1, 0.15) is 0 Å². The minimum atomic E-state index is 0.539. The van der Waals surface area contributed by atoms with Gasteiger partial charge < -0.3 is 10.1 Å². The molecule has 0 saturated heterocycles. The fourth-order valence-electron chi connectivity index (χ4n) is 1.74. The van der Waals surface area contributed by atoms with Gasteiger partial charge in [0.25, 0.3) is 0 Å². The Labute approximate surface area is 103 Å². The number of hydrogen-bond acceptors (Lipinski definition) is 5. The molecule has 6 heteroatoms. The van der Waals surface area contributed by atoms with Crippen LogP contribution in [0.5, 0.6) is 5.75 Å². The predicted molar refractivity (Wildman–Crippen MR) is 68.0 cm³/mol. The van der Waals surface area contributed by atoms with E-state index in [-0.39, 0.29) is 0 Å². The first-order chi connectivity index (χ1) is 8.88. The molecule has 3 rings (SSSR count). The molecule has 0 bridgehead atoms. The number of fused-ring (bicyclic) bond motifs is 1. The lowest BCUT2D eigenvalue weighted by Crippen LogP contribution is -1.99. The third-order valence-electron chi connectivity index (χ3n) is 2.61. The summed E-state index contributed by atoms with van der Waals surface area (Å²) in [6.45, 7) is 0. The highest BCUT2D eigenvalue weighted by Crippen LogP contribution is 2.26. The summed E-state index contributed by atoms with van der Waals surface area (Å²) in [5.41, 5.74) is 0.961. The predicted octanol–water partition coefficient (Wildman–Crippen LogP) is 2.11. The van der Waals surface area contributed by atoms with E-state index >= 15 is 0 Å². The lowest BCUT2D eigenvalue weighted by atomic mass is 10.2. The van der Waals surface area contributed by atoms with Crippen LogP contribution in [0.15, 0.2) is 36.5 Å². The van der Waals surface area contributed by atoms with Crippen molar-refractivity contribution in [2.24, 2.45) is 0 Å². The molecule has 0 aliphatic carbocycles. The molecule has 0 atom stereocenters. The Morgan fingerprint density at radius 3 is 2.94 bits per heavy atom. The van der Waals surface area contributed by atoms with E-state index in [1.165, 1.54) is 0 Å². The molecule has 3 aromatic rings. The van der Waals surface area contributed by atoms with Gasteiger partial charge >= 0.3 is 0 Å².